The Kier molecular flexibility index (Phi) is 2.19. The van der Waals surface area contributed by atoms with Crippen LogP contribution in [0.5, 0.6) is 0 Å². The number of carbonyl (C=O) groups excluding carboxylic acids is 1. The van der Waals surface area contributed by atoms with Gasteiger partial charge in [0.2, 0.25) is 0 Å². The van der Waals surface area contributed by atoms with Crippen molar-refractivity contribution in [2.75, 3.05) is 0 Å². The zero-order valence-electron chi connectivity index (χ0n) is 7.86. The smallest absolute Gasteiger partial charge is 0.142 e. The Hall–Kier alpha value is -1.83. The Labute approximate surface area is 81.8 Å². The van der Waals surface area contributed by atoms with Crippen LogP contribution in [0.25, 0.3) is 17.0 Å². The lowest BCUT2D eigenvalue weighted by Crippen LogP contribution is -1.72. The van der Waals surface area contributed by atoms with Gasteiger partial charge in [0, 0.05) is 10.9 Å². The number of allylic oxidation sites excluding steroid dienone is 1. The van der Waals surface area contributed by atoms with E-state index in [1.807, 2.05) is 25.1 Å². The average molecular weight is 186 g/mol. The molecule has 0 unspecified atom stereocenters. The number of hydrogen-bond acceptors (Lipinski definition) is 2. The topological polar surface area (TPSA) is 30.2 Å². The lowest BCUT2D eigenvalue weighted by Gasteiger charge is -1.92. The number of furan rings is 1. The molecule has 0 radical (unpaired) electrons. The number of fused-ring (bicyclic) bond motifs is 1. The van der Waals surface area contributed by atoms with Crippen molar-refractivity contribution in [2.24, 2.45) is 0 Å². The molecule has 0 fully saturated rings. The van der Waals surface area contributed by atoms with Gasteiger partial charge in [-0.25, -0.2) is 0 Å². The number of rotatable bonds is 2. The summed E-state index contributed by atoms with van der Waals surface area (Å²) in [6.45, 7) is 2.03. The van der Waals surface area contributed by atoms with E-state index < -0.39 is 0 Å². The van der Waals surface area contributed by atoms with Crippen molar-refractivity contribution in [1.29, 1.82) is 0 Å². The van der Waals surface area contributed by atoms with Crippen LogP contribution in [-0.2, 0) is 4.79 Å². The highest BCUT2D eigenvalue weighted by Crippen LogP contribution is 2.23. The first kappa shape index (κ1) is 8.75. The fourth-order valence-electron chi connectivity index (χ4n) is 1.43. The Bertz CT molecular complexity index is 492. The van der Waals surface area contributed by atoms with Gasteiger partial charge in [-0.05, 0) is 31.2 Å². The minimum Gasteiger partial charge on any atom is -0.464 e. The van der Waals surface area contributed by atoms with E-state index in [9.17, 15) is 4.79 Å². The van der Waals surface area contributed by atoms with E-state index in [1.165, 1.54) is 11.6 Å². The van der Waals surface area contributed by atoms with E-state index in [1.54, 1.807) is 12.3 Å². The number of benzene rings is 1. The standard InChI is InChI=1S/C12H10O2/c1-9-4-5-12-11(7-9)10(8-14-12)3-2-6-13/h2-8H,1H3/b3-2+. The molecule has 14 heavy (non-hydrogen) atoms. The van der Waals surface area contributed by atoms with Crippen LogP contribution >= 0.6 is 0 Å². The van der Waals surface area contributed by atoms with Crippen molar-refractivity contribution >= 4 is 23.3 Å². The first-order valence-corrected chi connectivity index (χ1v) is 4.41. The van der Waals surface area contributed by atoms with Crippen molar-refractivity contribution < 1.29 is 9.21 Å². The Balaban J connectivity index is 2.60. The predicted octanol–water partition coefficient (Wildman–Crippen LogP) is 2.95. The van der Waals surface area contributed by atoms with E-state index >= 15 is 0 Å². The molecule has 2 nitrogen and oxygen atoms in total. The molecule has 0 bridgehead atoms. The zero-order valence-corrected chi connectivity index (χ0v) is 7.86. The van der Waals surface area contributed by atoms with Gasteiger partial charge in [-0.1, -0.05) is 11.6 Å². The van der Waals surface area contributed by atoms with Crippen molar-refractivity contribution in [1.82, 2.24) is 0 Å². The summed E-state index contributed by atoms with van der Waals surface area (Å²) in [6.07, 6.45) is 5.63. The van der Waals surface area contributed by atoms with Gasteiger partial charge in [-0.3, -0.25) is 4.79 Å². The van der Waals surface area contributed by atoms with Gasteiger partial charge in [-0.2, -0.15) is 0 Å². The molecule has 2 aromatic rings. The summed E-state index contributed by atoms with van der Waals surface area (Å²) < 4.78 is 5.33. The summed E-state index contributed by atoms with van der Waals surface area (Å²) >= 11 is 0. The van der Waals surface area contributed by atoms with Crippen LogP contribution in [0.4, 0.5) is 0 Å². The molecular weight excluding hydrogens is 176 g/mol. The summed E-state index contributed by atoms with van der Waals surface area (Å²) in [7, 11) is 0. The highest BCUT2D eigenvalue weighted by atomic mass is 16.3. The normalized spacial score (nSPS) is 11.2. The third-order valence-corrected chi connectivity index (χ3v) is 2.11. The van der Waals surface area contributed by atoms with Crippen molar-refractivity contribution in [3.8, 4) is 0 Å². The molecule has 1 heterocycles. The second kappa shape index (κ2) is 3.50. The minimum absolute atomic E-state index is 0.759. The molecule has 0 N–H and O–H groups in total. The molecular formula is C12H10O2. The second-order valence-electron chi connectivity index (χ2n) is 3.19. The number of aryl methyl sites for hydroxylation is 1. The lowest BCUT2D eigenvalue weighted by molar-refractivity contribution is -0.104. The zero-order chi connectivity index (χ0) is 9.97. The molecule has 0 aliphatic carbocycles. The van der Waals surface area contributed by atoms with E-state index in [4.69, 9.17) is 4.42 Å². The van der Waals surface area contributed by atoms with Gasteiger partial charge in [0.25, 0.3) is 0 Å². The lowest BCUT2D eigenvalue weighted by atomic mass is 10.1. The van der Waals surface area contributed by atoms with Gasteiger partial charge in [0.1, 0.15) is 11.9 Å². The van der Waals surface area contributed by atoms with E-state index in [0.29, 0.717) is 0 Å². The van der Waals surface area contributed by atoms with Crippen molar-refractivity contribution in [3.05, 3.63) is 41.7 Å². The van der Waals surface area contributed by atoms with Crippen LogP contribution in [0, 0.1) is 6.92 Å². The molecule has 0 saturated carbocycles. The summed E-state index contributed by atoms with van der Waals surface area (Å²) in [4.78, 5) is 10.2. The Morgan fingerprint density at radius 3 is 3.00 bits per heavy atom. The van der Waals surface area contributed by atoms with Crippen LogP contribution in [-0.4, -0.2) is 6.29 Å². The molecule has 1 aromatic carbocycles. The third kappa shape index (κ3) is 1.46. The number of hydrogen-bond donors (Lipinski definition) is 0. The molecule has 2 rings (SSSR count). The second-order valence-corrected chi connectivity index (χ2v) is 3.19. The molecule has 70 valence electrons. The molecule has 0 atom stereocenters. The van der Waals surface area contributed by atoms with Gasteiger partial charge < -0.3 is 4.42 Å². The fraction of sp³-hybridized carbons (Fsp3) is 0.0833. The predicted molar refractivity (Wildman–Crippen MR) is 56.0 cm³/mol. The summed E-state index contributed by atoms with van der Waals surface area (Å²) in [5, 5.41) is 1.04. The first-order valence-electron chi connectivity index (χ1n) is 4.41. The van der Waals surface area contributed by atoms with Crippen LogP contribution in [0.2, 0.25) is 0 Å². The van der Waals surface area contributed by atoms with Crippen molar-refractivity contribution in [2.45, 2.75) is 6.92 Å². The molecule has 2 heteroatoms. The fourth-order valence-corrected chi connectivity index (χ4v) is 1.43. The summed E-state index contributed by atoms with van der Waals surface area (Å²) in [6, 6.07) is 5.98. The number of carbonyl (C=O) groups is 1. The maximum Gasteiger partial charge on any atom is 0.142 e. The van der Waals surface area contributed by atoms with Crippen LogP contribution in [0.3, 0.4) is 0 Å². The molecule has 0 aliphatic rings. The Morgan fingerprint density at radius 1 is 1.36 bits per heavy atom. The summed E-state index contributed by atoms with van der Waals surface area (Å²) in [5.74, 6) is 0. The maximum atomic E-state index is 10.2. The van der Waals surface area contributed by atoms with Crippen LogP contribution in [0.15, 0.2) is 35.0 Å². The average Bonchev–Trinajstić information content (AvgIpc) is 2.57. The van der Waals surface area contributed by atoms with E-state index in [2.05, 4.69) is 0 Å². The maximum absolute atomic E-state index is 10.2. The van der Waals surface area contributed by atoms with Gasteiger partial charge >= 0.3 is 0 Å². The summed E-state index contributed by atoms with van der Waals surface area (Å²) in [5.41, 5.74) is 2.97. The molecule has 0 spiro atoms. The van der Waals surface area contributed by atoms with Gasteiger partial charge in [0.15, 0.2) is 0 Å². The molecule has 0 saturated heterocycles. The molecule has 0 aliphatic heterocycles. The van der Waals surface area contributed by atoms with Crippen LogP contribution in [0.1, 0.15) is 11.1 Å². The van der Waals surface area contributed by atoms with Gasteiger partial charge in [0.05, 0.1) is 6.26 Å². The molecule has 1 aromatic heterocycles. The monoisotopic (exact) mass is 186 g/mol. The highest BCUT2D eigenvalue weighted by Gasteiger charge is 2.02. The van der Waals surface area contributed by atoms with E-state index in [0.717, 1.165) is 22.8 Å². The largest absolute Gasteiger partial charge is 0.464 e. The third-order valence-electron chi connectivity index (χ3n) is 2.11. The Morgan fingerprint density at radius 2 is 2.21 bits per heavy atom. The number of aldehydes is 1. The van der Waals surface area contributed by atoms with Gasteiger partial charge in [-0.15, -0.1) is 0 Å². The van der Waals surface area contributed by atoms with E-state index in [-0.39, 0.29) is 0 Å². The first-order chi connectivity index (χ1) is 6.81. The van der Waals surface area contributed by atoms with Crippen LogP contribution < -0.4 is 0 Å². The van der Waals surface area contributed by atoms with Crippen molar-refractivity contribution in [3.63, 3.8) is 0 Å². The molecule has 0 amide bonds. The quantitative estimate of drug-likeness (QED) is 0.533. The SMILES string of the molecule is Cc1ccc2occ(/C=C/C=O)c2c1. The highest BCUT2D eigenvalue weighted by molar-refractivity contribution is 5.89. The minimum atomic E-state index is 0.759.